The predicted molar refractivity (Wildman–Crippen MR) is 110 cm³/mol. The average Bonchev–Trinajstić information content (AvgIpc) is 2.68. The summed E-state index contributed by atoms with van der Waals surface area (Å²) in [4.78, 5) is 2.14. The summed E-state index contributed by atoms with van der Waals surface area (Å²) in [6, 6.07) is 31.2. The Morgan fingerprint density at radius 1 is 0.840 bits per heavy atom. The molecule has 2 nitrogen and oxygen atoms in total. The third-order valence-electron chi connectivity index (χ3n) is 4.14. The fourth-order valence-corrected chi connectivity index (χ4v) is 3.09. The molecule has 0 saturated heterocycles. The number of nitrogens with one attached hydrogen (secondary N) is 1. The first kappa shape index (κ1) is 17.2. The normalized spacial score (nSPS) is 11.6. The van der Waals surface area contributed by atoms with Gasteiger partial charge >= 0.3 is 0 Å². The zero-order chi connectivity index (χ0) is 17.5. The summed E-state index contributed by atoms with van der Waals surface area (Å²) in [7, 11) is 0. The van der Waals surface area contributed by atoms with Crippen LogP contribution in [0.2, 0.25) is 0 Å². The quantitative estimate of drug-likeness (QED) is 0.629. The number of hydrogen-bond acceptors (Lipinski definition) is 1. The van der Waals surface area contributed by atoms with Crippen LogP contribution in [0.3, 0.4) is 0 Å². The largest absolute Gasteiger partial charge is 0.356 e. The van der Waals surface area contributed by atoms with Gasteiger partial charge in [-0.15, -0.1) is 0 Å². The molecule has 0 aliphatic heterocycles. The number of hydrogen-bond donors (Lipinski definition) is 1. The molecule has 0 aromatic heterocycles. The van der Waals surface area contributed by atoms with Crippen LogP contribution in [0.15, 0.2) is 91.0 Å². The van der Waals surface area contributed by atoms with Crippen LogP contribution in [0, 0.1) is 0 Å². The van der Waals surface area contributed by atoms with Crippen molar-refractivity contribution in [3.05, 3.63) is 102 Å². The van der Waals surface area contributed by atoms with E-state index in [1.165, 1.54) is 11.1 Å². The maximum absolute atomic E-state index is 5.75. The summed E-state index contributed by atoms with van der Waals surface area (Å²) in [5, 5.41) is 4.20. The van der Waals surface area contributed by atoms with Crippen molar-refractivity contribution in [2.45, 2.75) is 19.5 Å². The molecule has 3 aromatic carbocycles. The highest BCUT2D eigenvalue weighted by Crippen LogP contribution is 2.19. The van der Waals surface area contributed by atoms with Crippen molar-refractivity contribution in [2.75, 3.05) is 4.90 Å². The molecule has 0 heterocycles. The molecule has 1 unspecified atom stereocenters. The van der Waals surface area contributed by atoms with E-state index < -0.39 is 0 Å². The Balaban J connectivity index is 1.80. The molecule has 3 heteroatoms. The second kappa shape index (κ2) is 8.45. The Morgan fingerprint density at radius 2 is 1.36 bits per heavy atom. The van der Waals surface area contributed by atoms with Gasteiger partial charge in [-0.2, -0.15) is 0 Å². The van der Waals surface area contributed by atoms with Gasteiger partial charge in [-0.1, -0.05) is 78.9 Å². The molecule has 0 radical (unpaired) electrons. The highest BCUT2D eigenvalue weighted by molar-refractivity contribution is 7.80. The van der Waals surface area contributed by atoms with E-state index in [4.69, 9.17) is 12.2 Å². The molecule has 0 saturated carbocycles. The van der Waals surface area contributed by atoms with E-state index >= 15 is 0 Å². The van der Waals surface area contributed by atoms with Gasteiger partial charge < -0.3 is 10.2 Å². The van der Waals surface area contributed by atoms with E-state index in [2.05, 4.69) is 77.8 Å². The number of anilines is 1. The molecular formula is C22H22N2S. The third kappa shape index (κ3) is 4.68. The van der Waals surface area contributed by atoms with Crippen LogP contribution >= 0.6 is 12.2 Å². The minimum atomic E-state index is 0.149. The van der Waals surface area contributed by atoms with Crippen LogP contribution in [0.25, 0.3) is 0 Å². The van der Waals surface area contributed by atoms with Crippen LogP contribution in [0.5, 0.6) is 0 Å². The summed E-state index contributed by atoms with van der Waals surface area (Å²) in [6.07, 6.45) is 0. The standard InChI is InChI=1S/C22H22N2S/c1-18(20-13-7-3-8-14-20)23-22(25)24(21-15-9-4-10-16-21)17-19-11-5-2-6-12-19/h2-16,18H,17H2,1H3,(H,23,25). The van der Waals surface area contributed by atoms with Gasteiger partial charge in [0.25, 0.3) is 0 Å². The van der Waals surface area contributed by atoms with Crippen molar-refractivity contribution >= 4 is 23.0 Å². The zero-order valence-electron chi connectivity index (χ0n) is 14.3. The maximum atomic E-state index is 5.75. The van der Waals surface area contributed by atoms with Crippen molar-refractivity contribution in [2.24, 2.45) is 0 Å². The minimum absolute atomic E-state index is 0.149. The van der Waals surface area contributed by atoms with Crippen molar-refractivity contribution < 1.29 is 0 Å². The summed E-state index contributed by atoms with van der Waals surface area (Å²) < 4.78 is 0. The lowest BCUT2D eigenvalue weighted by molar-refractivity contribution is 0.710. The lowest BCUT2D eigenvalue weighted by atomic mass is 10.1. The lowest BCUT2D eigenvalue weighted by Gasteiger charge is -2.28. The summed E-state index contributed by atoms with van der Waals surface area (Å²) in [5.74, 6) is 0. The van der Waals surface area contributed by atoms with Gasteiger partial charge in [-0.25, -0.2) is 0 Å². The Morgan fingerprint density at radius 3 is 1.96 bits per heavy atom. The highest BCUT2D eigenvalue weighted by Gasteiger charge is 2.15. The SMILES string of the molecule is CC(NC(=S)N(Cc1ccccc1)c1ccccc1)c1ccccc1. The number of rotatable bonds is 5. The minimum Gasteiger partial charge on any atom is -0.356 e. The lowest BCUT2D eigenvalue weighted by Crippen LogP contribution is -2.40. The summed E-state index contributed by atoms with van der Waals surface area (Å²) in [6.45, 7) is 2.87. The molecule has 0 fully saturated rings. The van der Waals surface area contributed by atoms with Gasteiger partial charge in [0.1, 0.15) is 0 Å². The zero-order valence-corrected chi connectivity index (χ0v) is 15.1. The van der Waals surface area contributed by atoms with E-state index in [9.17, 15) is 0 Å². The Hall–Kier alpha value is -2.65. The summed E-state index contributed by atoms with van der Waals surface area (Å²) in [5.41, 5.74) is 3.53. The predicted octanol–water partition coefficient (Wildman–Crippen LogP) is 5.33. The number of benzene rings is 3. The second-order valence-electron chi connectivity index (χ2n) is 5.99. The molecule has 1 N–H and O–H groups in total. The first-order valence-corrected chi connectivity index (χ1v) is 8.87. The van der Waals surface area contributed by atoms with Crippen LogP contribution in [-0.2, 0) is 6.54 Å². The van der Waals surface area contributed by atoms with E-state index in [0.29, 0.717) is 0 Å². The molecule has 0 aliphatic carbocycles. The van der Waals surface area contributed by atoms with Gasteiger partial charge in [-0.05, 0) is 42.4 Å². The molecular weight excluding hydrogens is 324 g/mol. The van der Waals surface area contributed by atoms with Crippen molar-refractivity contribution in [3.63, 3.8) is 0 Å². The number of thiocarbonyl (C=S) groups is 1. The van der Waals surface area contributed by atoms with E-state index in [1.54, 1.807) is 0 Å². The van der Waals surface area contributed by atoms with Crippen LogP contribution in [0.4, 0.5) is 5.69 Å². The molecule has 126 valence electrons. The topological polar surface area (TPSA) is 15.3 Å². The van der Waals surface area contributed by atoms with E-state index in [-0.39, 0.29) is 6.04 Å². The molecule has 25 heavy (non-hydrogen) atoms. The van der Waals surface area contributed by atoms with Crippen LogP contribution in [-0.4, -0.2) is 5.11 Å². The molecule has 0 amide bonds. The average molecular weight is 346 g/mol. The van der Waals surface area contributed by atoms with Gasteiger partial charge in [-0.3, -0.25) is 0 Å². The van der Waals surface area contributed by atoms with Crippen LogP contribution < -0.4 is 10.2 Å². The Labute approximate surface area is 155 Å². The highest BCUT2D eigenvalue weighted by atomic mass is 32.1. The first-order valence-electron chi connectivity index (χ1n) is 8.46. The fourth-order valence-electron chi connectivity index (χ4n) is 2.74. The van der Waals surface area contributed by atoms with Crippen LogP contribution in [0.1, 0.15) is 24.1 Å². The van der Waals surface area contributed by atoms with Gasteiger partial charge in [0.05, 0.1) is 12.6 Å². The molecule has 0 bridgehead atoms. The molecule has 1 atom stereocenters. The molecule has 0 spiro atoms. The first-order chi connectivity index (χ1) is 12.2. The maximum Gasteiger partial charge on any atom is 0.174 e. The Bertz CT molecular complexity index is 788. The fraction of sp³-hybridized carbons (Fsp3) is 0.136. The summed E-state index contributed by atoms with van der Waals surface area (Å²) >= 11 is 5.75. The van der Waals surface area contributed by atoms with E-state index in [0.717, 1.165) is 17.3 Å². The molecule has 0 aliphatic rings. The molecule has 3 aromatic rings. The van der Waals surface area contributed by atoms with Gasteiger partial charge in [0, 0.05) is 5.69 Å². The van der Waals surface area contributed by atoms with E-state index in [1.807, 2.05) is 30.3 Å². The van der Waals surface area contributed by atoms with Gasteiger partial charge in [0.2, 0.25) is 0 Å². The number of nitrogens with zero attached hydrogens (tertiary/aromatic N) is 1. The monoisotopic (exact) mass is 346 g/mol. The number of para-hydroxylation sites is 1. The molecule has 3 rings (SSSR count). The van der Waals surface area contributed by atoms with Crippen molar-refractivity contribution in [1.82, 2.24) is 5.32 Å². The third-order valence-corrected chi connectivity index (χ3v) is 4.47. The van der Waals surface area contributed by atoms with Gasteiger partial charge in [0.15, 0.2) is 5.11 Å². The smallest absolute Gasteiger partial charge is 0.174 e. The van der Waals surface area contributed by atoms with Crippen molar-refractivity contribution in [3.8, 4) is 0 Å². The van der Waals surface area contributed by atoms with Crippen molar-refractivity contribution in [1.29, 1.82) is 0 Å². The second-order valence-corrected chi connectivity index (χ2v) is 6.38. The Kier molecular flexibility index (Phi) is 5.81.